The van der Waals surface area contributed by atoms with Gasteiger partial charge in [0.25, 0.3) is 0 Å². The molecule has 6 heteroatoms. The molecule has 0 heterocycles. The molecular formula is C11H9BrF3NO. The van der Waals surface area contributed by atoms with E-state index >= 15 is 0 Å². The largest absolute Gasteiger partial charge is 0.418 e. The number of nitrogens with one attached hydrogen (secondary N) is 1. The zero-order valence-corrected chi connectivity index (χ0v) is 10.2. The summed E-state index contributed by atoms with van der Waals surface area (Å²) in [7, 11) is 0. The van der Waals surface area contributed by atoms with E-state index in [9.17, 15) is 18.0 Å². The van der Waals surface area contributed by atoms with E-state index < -0.39 is 11.7 Å². The van der Waals surface area contributed by atoms with Gasteiger partial charge in [-0.1, -0.05) is 15.9 Å². The van der Waals surface area contributed by atoms with Crippen LogP contribution in [-0.4, -0.2) is 5.91 Å². The first-order valence-corrected chi connectivity index (χ1v) is 5.85. The van der Waals surface area contributed by atoms with Crippen LogP contribution in [0.15, 0.2) is 22.7 Å². The Morgan fingerprint density at radius 1 is 1.35 bits per heavy atom. The van der Waals surface area contributed by atoms with Crippen LogP contribution in [-0.2, 0) is 11.0 Å². The second kappa shape index (κ2) is 4.33. The van der Waals surface area contributed by atoms with Crippen LogP contribution in [0.5, 0.6) is 0 Å². The topological polar surface area (TPSA) is 29.1 Å². The Labute approximate surface area is 104 Å². The molecule has 1 aromatic carbocycles. The summed E-state index contributed by atoms with van der Waals surface area (Å²) in [6, 6.07) is 3.69. The molecule has 0 aliphatic heterocycles. The Hall–Kier alpha value is -1.04. The number of rotatable bonds is 2. The molecule has 0 saturated heterocycles. The van der Waals surface area contributed by atoms with E-state index in [1.54, 1.807) is 0 Å². The SMILES string of the molecule is O=C(Nc1ccc(Br)cc1C(F)(F)F)C1CC1. The molecule has 1 fully saturated rings. The van der Waals surface area contributed by atoms with Crippen LogP contribution in [0.25, 0.3) is 0 Å². The van der Waals surface area contributed by atoms with Gasteiger partial charge in [0, 0.05) is 10.4 Å². The number of carbonyl (C=O) groups is 1. The van der Waals surface area contributed by atoms with Gasteiger partial charge in [0.1, 0.15) is 0 Å². The van der Waals surface area contributed by atoms with Crippen molar-refractivity contribution in [2.24, 2.45) is 5.92 Å². The maximum Gasteiger partial charge on any atom is 0.418 e. The van der Waals surface area contributed by atoms with E-state index in [-0.39, 0.29) is 17.5 Å². The van der Waals surface area contributed by atoms with Gasteiger partial charge < -0.3 is 5.32 Å². The molecule has 92 valence electrons. The molecule has 0 radical (unpaired) electrons. The fourth-order valence-electron chi connectivity index (χ4n) is 1.44. The lowest BCUT2D eigenvalue weighted by atomic mass is 10.1. The standard InChI is InChI=1S/C11H9BrF3NO/c12-7-3-4-9(8(5-7)11(13,14)15)16-10(17)6-1-2-6/h3-6H,1-2H2,(H,16,17). The maximum absolute atomic E-state index is 12.7. The normalized spacial score (nSPS) is 15.8. The summed E-state index contributed by atoms with van der Waals surface area (Å²) in [6.07, 6.45) is -2.97. The van der Waals surface area contributed by atoms with Crippen LogP contribution >= 0.6 is 15.9 Å². The van der Waals surface area contributed by atoms with Crippen LogP contribution in [0.1, 0.15) is 18.4 Å². The highest BCUT2D eigenvalue weighted by molar-refractivity contribution is 9.10. The number of benzene rings is 1. The molecular weight excluding hydrogens is 299 g/mol. The lowest BCUT2D eigenvalue weighted by Crippen LogP contribution is -2.17. The second-order valence-electron chi connectivity index (χ2n) is 3.95. The highest BCUT2D eigenvalue weighted by Crippen LogP contribution is 2.38. The molecule has 1 saturated carbocycles. The number of amides is 1. The second-order valence-corrected chi connectivity index (χ2v) is 4.87. The summed E-state index contributed by atoms with van der Waals surface area (Å²) in [5.74, 6) is -0.461. The lowest BCUT2D eigenvalue weighted by Gasteiger charge is -2.14. The summed E-state index contributed by atoms with van der Waals surface area (Å²) in [5, 5.41) is 2.33. The molecule has 0 aromatic heterocycles. The minimum Gasteiger partial charge on any atom is -0.325 e. The summed E-state index contributed by atoms with van der Waals surface area (Å²) in [5.41, 5.74) is -1.02. The molecule has 1 N–H and O–H groups in total. The van der Waals surface area contributed by atoms with Gasteiger partial charge in [-0.3, -0.25) is 4.79 Å². The number of anilines is 1. The molecule has 0 atom stereocenters. The summed E-state index contributed by atoms with van der Waals surface area (Å²) < 4.78 is 38.5. The van der Waals surface area contributed by atoms with Crippen molar-refractivity contribution in [3.63, 3.8) is 0 Å². The molecule has 1 amide bonds. The van der Waals surface area contributed by atoms with Crippen molar-refractivity contribution < 1.29 is 18.0 Å². The minimum absolute atomic E-state index is 0.125. The van der Waals surface area contributed by atoms with Crippen molar-refractivity contribution in [3.8, 4) is 0 Å². The first kappa shape index (κ1) is 12.4. The van der Waals surface area contributed by atoms with Crippen LogP contribution < -0.4 is 5.32 Å². The van der Waals surface area contributed by atoms with E-state index in [1.165, 1.54) is 12.1 Å². The Kier molecular flexibility index (Phi) is 3.16. The molecule has 17 heavy (non-hydrogen) atoms. The van der Waals surface area contributed by atoms with E-state index in [1.807, 2.05) is 0 Å². The van der Waals surface area contributed by atoms with Crippen LogP contribution in [0.3, 0.4) is 0 Å². The van der Waals surface area contributed by atoms with Crippen molar-refractivity contribution in [1.29, 1.82) is 0 Å². The predicted molar refractivity (Wildman–Crippen MR) is 60.5 cm³/mol. The lowest BCUT2D eigenvalue weighted by molar-refractivity contribution is -0.137. The summed E-state index contributed by atoms with van der Waals surface area (Å²) >= 11 is 2.98. The smallest absolute Gasteiger partial charge is 0.325 e. The minimum atomic E-state index is -4.48. The van der Waals surface area contributed by atoms with Gasteiger partial charge in [-0.05, 0) is 31.0 Å². The molecule has 0 unspecified atom stereocenters. The monoisotopic (exact) mass is 307 g/mol. The first-order valence-electron chi connectivity index (χ1n) is 5.05. The summed E-state index contributed by atoms with van der Waals surface area (Å²) in [6.45, 7) is 0. The third kappa shape index (κ3) is 3.00. The first-order chi connectivity index (χ1) is 7.88. The van der Waals surface area contributed by atoms with Crippen molar-refractivity contribution in [2.45, 2.75) is 19.0 Å². The van der Waals surface area contributed by atoms with E-state index in [4.69, 9.17) is 0 Å². The van der Waals surface area contributed by atoms with Crippen molar-refractivity contribution in [3.05, 3.63) is 28.2 Å². The van der Waals surface area contributed by atoms with Gasteiger partial charge in [0.2, 0.25) is 5.91 Å². The van der Waals surface area contributed by atoms with Gasteiger partial charge >= 0.3 is 6.18 Å². The van der Waals surface area contributed by atoms with Crippen molar-refractivity contribution in [1.82, 2.24) is 0 Å². The number of hydrogen-bond donors (Lipinski definition) is 1. The highest BCUT2D eigenvalue weighted by Gasteiger charge is 2.36. The van der Waals surface area contributed by atoms with Crippen LogP contribution in [0.2, 0.25) is 0 Å². The molecule has 0 bridgehead atoms. The summed E-state index contributed by atoms with van der Waals surface area (Å²) in [4.78, 5) is 11.4. The molecule has 2 rings (SSSR count). The average molecular weight is 308 g/mol. The molecule has 1 aliphatic carbocycles. The average Bonchev–Trinajstić information content (AvgIpc) is 3.02. The van der Waals surface area contributed by atoms with Crippen LogP contribution in [0.4, 0.5) is 18.9 Å². The fraction of sp³-hybridized carbons (Fsp3) is 0.364. The third-order valence-electron chi connectivity index (χ3n) is 2.49. The van der Waals surface area contributed by atoms with Crippen molar-refractivity contribution in [2.75, 3.05) is 5.32 Å². The van der Waals surface area contributed by atoms with Gasteiger partial charge in [0.15, 0.2) is 0 Å². The Bertz CT molecular complexity index is 455. The van der Waals surface area contributed by atoms with Gasteiger partial charge in [-0.2, -0.15) is 13.2 Å². The molecule has 1 aromatic rings. The molecule has 1 aliphatic rings. The zero-order chi connectivity index (χ0) is 12.6. The number of hydrogen-bond acceptors (Lipinski definition) is 1. The molecule has 0 spiro atoms. The van der Waals surface area contributed by atoms with Gasteiger partial charge in [-0.15, -0.1) is 0 Å². The zero-order valence-electron chi connectivity index (χ0n) is 8.64. The highest BCUT2D eigenvalue weighted by atomic mass is 79.9. The molecule has 2 nitrogen and oxygen atoms in total. The van der Waals surface area contributed by atoms with Crippen molar-refractivity contribution >= 4 is 27.5 Å². The van der Waals surface area contributed by atoms with Gasteiger partial charge in [-0.25, -0.2) is 0 Å². The quantitative estimate of drug-likeness (QED) is 0.884. The third-order valence-corrected chi connectivity index (χ3v) is 2.99. The maximum atomic E-state index is 12.7. The van der Waals surface area contributed by atoms with Crippen LogP contribution in [0, 0.1) is 5.92 Å². The van der Waals surface area contributed by atoms with E-state index in [0.29, 0.717) is 4.47 Å². The van der Waals surface area contributed by atoms with E-state index in [0.717, 1.165) is 18.9 Å². The Balaban J connectivity index is 2.28. The number of carbonyl (C=O) groups excluding carboxylic acids is 1. The van der Waals surface area contributed by atoms with Gasteiger partial charge in [0.05, 0.1) is 11.3 Å². The predicted octanol–water partition coefficient (Wildman–Crippen LogP) is 3.82. The van der Waals surface area contributed by atoms with E-state index in [2.05, 4.69) is 21.2 Å². The Morgan fingerprint density at radius 3 is 2.53 bits per heavy atom. The number of halogens is 4. The Morgan fingerprint density at radius 2 is 2.00 bits per heavy atom. The fourth-order valence-corrected chi connectivity index (χ4v) is 1.80. The number of alkyl halides is 3.